The molecule has 0 amide bonds. The molecule has 1 saturated heterocycles. The molecule has 24 heavy (non-hydrogen) atoms. The van der Waals surface area contributed by atoms with E-state index in [2.05, 4.69) is 10.3 Å². The minimum Gasteiger partial charge on any atom is -0.394 e. The standard InChI is InChI=1S/C17H22N2O5/c1-8-5-14(21)19-12-6-10(3-4-11(8)12)18-15-9(2)24-13(7-20)16(22)17(15)23/h3-6,9,13,15-18,20,22-23H,7H2,1-2H3,(H,19,21). The summed E-state index contributed by atoms with van der Waals surface area (Å²) < 4.78 is 5.55. The van der Waals surface area contributed by atoms with Crippen LogP contribution in [0.2, 0.25) is 0 Å². The first kappa shape index (κ1) is 16.9. The average Bonchev–Trinajstić information content (AvgIpc) is 2.54. The van der Waals surface area contributed by atoms with Gasteiger partial charge in [0, 0.05) is 17.1 Å². The van der Waals surface area contributed by atoms with E-state index in [1.165, 1.54) is 0 Å². The van der Waals surface area contributed by atoms with Crippen molar-refractivity contribution in [2.24, 2.45) is 0 Å². The SMILES string of the molecule is Cc1cc(=O)[nH]c2cc(NC3C(C)OC(CO)C(O)C3O)ccc12. The highest BCUT2D eigenvalue weighted by atomic mass is 16.5. The lowest BCUT2D eigenvalue weighted by Gasteiger charge is -2.41. The number of benzene rings is 1. The fraction of sp³-hybridized carbons (Fsp3) is 0.471. The zero-order valence-corrected chi connectivity index (χ0v) is 13.6. The third kappa shape index (κ3) is 3.03. The van der Waals surface area contributed by atoms with Crippen LogP contribution in [0.3, 0.4) is 0 Å². The Balaban J connectivity index is 1.88. The molecular weight excluding hydrogens is 312 g/mol. The number of aromatic nitrogens is 1. The van der Waals surface area contributed by atoms with Crippen molar-refractivity contribution < 1.29 is 20.1 Å². The smallest absolute Gasteiger partial charge is 0.248 e. The highest BCUT2D eigenvalue weighted by molar-refractivity contribution is 5.84. The van der Waals surface area contributed by atoms with Gasteiger partial charge in [0.05, 0.1) is 24.3 Å². The predicted octanol–water partition coefficient (Wildman–Crippen LogP) is 0.118. The molecule has 0 spiro atoms. The molecular formula is C17H22N2O5. The Morgan fingerprint density at radius 2 is 2.00 bits per heavy atom. The molecule has 0 bridgehead atoms. The number of nitrogens with one attached hydrogen (secondary N) is 2. The minimum atomic E-state index is -1.17. The first-order chi connectivity index (χ1) is 11.4. The van der Waals surface area contributed by atoms with Gasteiger partial charge in [0.15, 0.2) is 0 Å². The molecule has 1 fully saturated rings. The summed E-state index contributed by atoms with van der Waals surface area (Å²) in [5, 5.41) is 33.6. The van der Waals surface area contributed by atoms with Crippen LogP contribution in [0.1, 0.15) is 12.5 Å². The molecule has 1 aliphatic heterocycles. The van der Waals surface area contributed by atoms with Gasteiger partial charge in [-0.25, -0.2) is 0 Å². The number of H-pyrrole nitrogens is 1. The number of rotatable bonds is 3. The number of pyridine rings is 1. The van der Waals surface area contributed by atoms with E-state index >= 15 is 0 Å². The maximum absolute atomic E-state index is 11.6. The topological polar surface area (TPSA) is 115 Å². The Morgan fingerprint density at radius 1 is 1.25 bits per heavy atom. The lowest BCUT2D eigenvalue weighted by atomic mass is 9.93. The molecule has 0 radical (unpaired) electrons. The molecule has 5 atom stereocenters. The maximum atomic E-state index is 11.6. The highest BCUT2D eigenvalue weighted by Crippen LogP contribution is 2.26. The summed E-state index contributed by atoms with van der Waals surface area (Å²) in [6, 6.07) is 6.51. The Hall–Kier alpha value is -1.93. The second-order valence-electron chi connectivity index (χ2n) is 6.29. The molecule has 1 aromatic carbocycles. The zero-order chi connectivity index (χ0) is 17.4. The Labute approximate surface area is 138 Å². The van der Waals surface area contributed by atoms with Gasteiger partial charge in [-0.2, -0.15) is 0 Å². The molecule has 1 aromatic heterocycles. The van der Waals surface area contributed by atoms with Gasteiger partial charge >= 0.3 is 0 Å². The number of ether oxygens (including phenoxy) is 1. The third-order valence-corrected chi connectivity index (χ3v) is 4.56. The molecule has 0 aliphatic carbocycles. The maximum Gasteiger partial charge on any atom is 0.248 e. The van der Waals surface area contributed by atoms with Gasteiger partial charge in [-0.3, -0.25) is 4.79 Å². The number of anilines is 1. The fourth-order valence-corrected chi connectivity index (χ4v) is 3.22. The summed E-state index contributed by atoms with van der Waals surface area (Å²) in [6.07, 6.45) is -3.47. The van der Waals surface area contributed by atoms with Crippen LogP contribution in [0.25, 0.3) is 10.9 Å². The largest absolute Gasteiger partial charge is 0.394 e. The van der Waals surface area contributed by atoms with Gasteiger partial charge < -0.3 is 30.4 Å². The van der Waals surface area contributed by atoms with Crippen LogP contribution >= 0.6 is 0 Å². The molecule has 3 rings (SSSR count). The van der Waals surface area contributed by atoms with E-state index in [9.17, 15) is 20.1 Å². The van der Waals surface area contributed by atoms with Gasteiger partial charge in [-0.15, -0.1) is 0 Å². The van der Waals surface area contributed by atoms with E-state index in [0.717, 1.165) is 10.9 Å². The van der Waals surface area contributed by atoms with Crippen LogP contribution in [0.15, 0.2) is 29.1 Å². The van der Waals surface area contributed by atoms with E-state index in [1.54, 1.807) is 19.1 Å². The molecule has 2 aromatic rings. The summed E-state index contributed by atoms with van der Waals surface area (Å²) in [5.41, 5.74) is 2.10. The van der Waals surface area contributed by atoms with Gasteiger partial charge in [0.25, 0.3) is 0 Å². The van der Waals surface area contributed by atoms with E-state index < -0.39 is 30.5 Å². The van der Waals surface area contributed by atoms with Crippen molar-refractivity contribution in [3.8, 4) is 0 Å². The predicted molar refractivity (Wildman–Crippen MR) is 90.2 cm³/mol. The normalized spacial score (nSPS) is 30.5. The lowest BCUT2D eigenvalue weighted by Crippen LogP contribution is -2.60. The average molecular weight is 334 g/mol. The van der Waals surface area contributed by atoms with Crippen molar-refractivity contribution in [1.29, 1.82) is 0 Å². The van der Waals surface area contributed by atoms with Gasteiger partial charge in [0.1, 0.15) is 18.3 Å². The van der Waals surface area contributed by atoms with E-state index in [-0.39, 0.29) is 12.2 Å². The lowest BCUT2D eigenvalue weighted by molar-refractivity contribution is -0.180. The quantitative estimate of drug-likeness (QED) is 0.545. The van der Waals surface area contributed by atoms with Crippen LogP contribution in [0.5, 0.6) is 0 Å². The summed E-state index contributed by atoms with van der Waals surface area (Å²) in [4.78, 5) is 14.4. The van der Waals surface area contributed by atoms with Crippen molar-refractivity contribution in [3.63, 3.8) is 0 Å². The Morgan fingerprint density at radius 3 is 2.71 bits per heavy atom. The van der Waals surface area contributed by atoms with Crippen molar-refractivity contribution in [3.05, 3.63) is 40.2 Å². The van der Waals surface area contributed by atoms with Crippen molar-refractivity contribution >= 4 is 16.6 Å². The van der Waals surface area contributed by atoms with E-state index in [4.69, 9.17) is 4.74 Å². The summed E-state index contributed by atoms with van der Waals surface area (Å²) >= 11 is 0. The van der Waals surface area contributed by atoms with Crippen LogP contribution in [-0.2, 0) is 4.74 Å². The second kappa shape index (κ2) is 6.52. The van der Waals surface area contributed by atoms with Gasteiger partial charge in [-0.05, 0) is 31.5 Å². The van der Waals surface area contributed by atoms with E-state index in [0.29, 0.717) is 11.2 Å². The van der Waals surface area contributed by atoms with Crippen LogP contribution in [0, 0.1) is 6.92 Å². The molecule has 1 aliphatic rings. The van der Waals surface area contributed by atoms with Crippen LogP contribution in [-0.4, -0.2) is 57.4 Å². The van der Waals surface area contributed by atoms with Gasteiger partial charge in [0.2, 0.25) is 5.56 Å². The number of fused-ring (bicyclic) bond motifs is 1. The number of aliphatic hydroxyl groups excluding tert-OH is 3. The fourth-order valence-electron chi connectivity index (χ4n) is 3.22. The second-order valence-corrected chi connectivity index (χ2v) is 6.29. The molecule has 5 unspecified atom stereocenters. The van der Waals surface area contributed by atoms with Crippen LogP contribution in [0.4, 0.5) is 5.69 Å². The number of aryl methyl sites for hydroxylation is 1. The summed E-state index contributed by atoms with van der Waals surface area (Å²) in [7, 11) is 0. The first-order valence-electron chi connectivity index (χ1n) is 7.93. The van der Waals surface area contributed by atoms with Crippen LogP contribution < -0.4 is 10.9 Å². The Bertz CT molecular complexity index is 790. The molecule has 0 saturated carbocycles. The summed E-state index contributed by atoms with van der Waals surface area (Å²) in [6.45, 7) is 3.28. The van der Waals surface area contributed by atoms with Crippen molar-refractivity contribution in [1.82, 2.24) is 4.98 Å². The monoisotopic (exact) mass is 334 g/mol. The first-order valence-corrected chi connectivity index (χ1v) is 7.93. The minimum absolute atomic E-state index is 0.173. The van der Waals surface area contributed by atoms with E-state index in [1.807, 2.05) is 19.1 Å². The molecule has 7 heteroatoms. The molecule has 7 nitrogen and oxygen atoms in total. The molecule has 130 valence electrons. The number of aliphatic hydroxyl groups is 3. The number of hydrogen-bond donors (Lipinski definition) is 5. The number of aromatic amines is 1. The molecule has 2 heterocycles. The highest BCUT2D eigenvalue weighted by Gasteiger charge is 2.42. The zero-order valence-electron chi connectivity index (χ0n) is 13.6. The third-order valence-electron chi connectivity index (χ3n) is 4.56. The summed E-state index contributed by atoms with van der Waals surface area (Å²) in [5.74, 6) is 0. The number of hydrogen-bond acceptors (Lipinski definition) is 6. The van der Waals surface area contributed by atoms with Crippen molar-refractivity contribution in [2.45, 2.75) is 44.3 Å². The Kier molecular flexibility index (Phi) is 4.60. The molecule has 5 N–H and O–H groups in total. The van der Waals surface area contributed by atoms with Crippen molar-refractivity contribution in [2.75, 3.05) is 11.9 Å². The van der Waals surface area contributed by atoms with Gasteiger partial charge in [-0.1, -0.05) is 6.07 Å².